The molecule has 80 valence electrons. The van der Waals surface area contributed by atoms with E-state index in [-0.39, 0.29) is 5.71 Å². The van der Waals surface area contributed by atoms with E-state index in [9.17, 15) is 4.79 Å². The normalized spacial score (nSPS) is 11.3. The number of anilines is 1. The standard InChI is InChI=1S/C9H8Cl2N2O2/c1-5(9(14)15)12-13-8-3-2-6(10)4-7(8)11/h2-4,13H,1H3,(H,14,15). The van der Waals surface area contributed by atoms with Gasteiger partial charge in [-0.1, -0.05) is 23.2 Å². The molecule has 0 saturated heterocycles. The summed E-state index contributed by atoms with van der Waals surface area (Å²) in [6.45, 7) is 1.37. The highest BCUT2D eigenvalue weighted by Gasteiger charge is 2.03. The molecule has 0 bridgehead atoms. The molecule has 1 rings (SSSR count). The summed E-state index contributed by atoms with van der Waals surface area (Å²) in [5, 5.41) is 13.1. The van der Waals surface area contributed by atoms with E-state index < -0.39 is 5.97 Å². The predicted octanol–water partition coefficient (Wildman–Crippen LogP) is 2.87. The van der Waals surface area contributed by atoms with Crippen molar-refractivity contribution in [2.45, 2.75) is 6.92 Å². The Labute approximate surface area is 96.5 Å². The topological polar surface area (TPSA) is 61.7 Å². The van der Waals surface area contributed by atoms with E-state index in [2.05, 4.69) is 10.5 Å². The zero-order valence-electron chi connectivity index (χ0n) is 7.79. The summed E-state index contributed by atoms with van der Waals surface area (Å²) in [6, 6.07) is 4.78. The molecule has 0 spiro atoms. The third-order valence-corrected chi connectivity index (χ3v) is 2.13. The first kappa shape index (κ1) is 11.8. The Kier molecular flexibility index (Phi) is 3.94. The Morgan fingerprint density at radius 2 is 2.13 bits per heavy atom. The lowest BCUT2D eigenvalue weighted by atomic mass is 10.3. The Balaban J connectivity index is 2.82. The average Bonchev–Trinajstić information content (AvgIpc) is 2.15. The minimum atomic E-state index is -1.09. The molecule has 0 aromatic heterocycles. The molecular weight excluding hydrogens is 239 g/mol. The molecule has 0 aliphatic rings. The van der Waals surface area contributed by atoms with Crippen molar-refractivity contribution in [3.63, 3.8) is 0 Å². The maximum atomic E-state index is 10.4. The van der Waals surface area contributed by atoms with Gasteiger partial charge >= 0.3 is 5.97 Å². The number of rotatable bonds is 3. The molecule has 0 heterocycles. The van der Waals surface area contributed by atoms with Crippen LogP contribution in [0.3, 0.4) is 0 Å². The second-order valence-corrected chi connectivity index (χ2v) is 3.58. The van der Waals surface area contributed by atoms with Gasteiger partial charge in [0.05, 0.1) is 10.7 Å². The summed E-state index contributed by atoms with van der Waals surface area (Å²) >= 11 is 11.5. The summed E-state index contributed by atoms with van der Waals surface area (Å²) < 4.78 is 0. The van der Waals surface area contributed by atoms with Crippen molar-refractivity contribution in [1.29, 1.82) is 0 Å². The fourth-order valence-corrected chi connectivity index (χ4v) is 1.22. The first-order valence-corrected chi connectivity index (χ1v) is 4.75. The number of nitrogens with one attached hydrogen (secondary N) is 1. The molecule has 15 heavy (non-hydrogen) atoms. The molecule has 4 nitrogen and oxygen atoms in total. The second kappa shape index (κ2) is 5.00. The van der Waals surface area contributed by atoms with Gasteiger partial charge < -0.3 is 5.11 Å². The van der Waals surface area contributed by atoms with Crippen molar-refractivity contribution >= 4 is 40.6 Å². The molecule has 0 amide bonds. The number of hydrazone groups is 1. The van der Waals surface area contributed by atoms with Crippen LogP contribution in [-0.4, -0.2) is 16.8 Å². The van der Waals surface area contributed by atoms with E-state index in [1.54, 1.807) is 12.1 Å². The number of aliphatic carboxylic acids is 1. The molecule has 0 atom stereocenters. The number of hydrogen-bond donors (Lipinski definition) is 2. The van der Waals surface area contributed by atoms with Gasteiger partial charge in [0, 0.05) is 5.02 Å². The van der Waals surface area contributed by atoms with Crippen molar-refractivity contribution < 1.29 is 9.90 Å². The summed E-state index contributed by atoms with van der Waals surface area (Å²) in [4.78, 5) is 10.4. The number of hydrogen-bond acceptors (Lipinski definition) is 3. The zero-order chi connectivity index (χ0) is 11.4. The van der Waals surface area contributed by atoms with E-state index >= 15 is 0 Å². The molecule has 0 aliphatic carbocycles. The highest BCUT2D eigenvalue weighted by molar-refractivity contribution is 6.36. The van der Waals surface area contributed by atoms with Gasteiger partial charge in [0.2, 0.25) is 0 Å². The van der Waals surface area contributed by atoms with Gasteiger partial charge in [-0.2, -0.15) is 5.10 Å². The van der Waals surface area contributed by atoms with Crippen LogP contribution in [0.2, 0.25) is 10.0 Å². The summed E-state index contributed by atoms with van der Waals surface area (Å²) in [5.74, 6) is -1.09. The Morgan fingerprint density at radius 3 is 2.67 bits per heavy atom. The first-order valence-electron chi connectivity index (χ1n) is 3.99. The van der Waals surface area contributed by atoms with Crippen LogP contribution in [-0.2, 0) is 4.79 Å². The highest BCUT2D eigenvalue weighted by atomic mass is 35.5. The second-order valence-electron chi connectivity index (χ2n) is 2.74. The van der Waals surface area contributed by atoms with Crippen LogP contribution < -0.4 is 5.43 Å². The minimum Gasteiger partial charge on any atom is -0.477 e. The molecule has 2 N–H and O–H groups in total. The average molecular weight is 247 g/mol. The lowest BCUT2D eigenvalue weighted by molar-refractivity contribution is -0.129. The molecule has 0 radical (unpaired) electrons. The Morgan fingerprint density at radius 1 is 1.47 bits per heavy atom. The van der Waals surface area contributed by atoms with Gasteiger partial charge in [0.1, 0.15) is 5.71 Å². The van der Waals surface area contributed by atoms with E-state index in [0.717, 1.165) is 0 Å². The van der Waals surface area contributed by atoms with Crippen molar-refractivity contribution in [2.24, 2.45) is 5.10 Å². The van der Waals surface area contributed by atoms with Crippen molar-refractivity contribution in [3.8, 4) is 0 Å². The molecule has 1 aromatic rings. The van der Waals surface area contributed by atoms with Crippen LogP contribution in [0, 0.1) is 0 Å². The lowest BCUT2D eigenvalue weighted by Crippen LogP contribution is -2.10. The fraction of sp³-hybridized carbons (Fsp3) is 0.111. The van der Waals surface area contributed by atoms with E-state index in [4.69, 9.17) is 28.3 Å². The molecule has 0 unspecified atom stereocenters. The first-order chi connectivity index (χ1) is 7.00. The Bertz CT molecular complexity index is 419. The van der Waals surface area contributed by atoms with Crippen molar-refractivity contribution in [1.82, 2.24) is 0 Å². The van der Waals surface area contributed by atoms with Gasteiger partial charge in [0.25, 0.3) is 0 Å². The molecule has 0 saturated carbocycles. The predicted molar refractivity (Wildman–Crippen MR) is 60.8 cm³/mol. The minimum absolute atomic E-state index is 0.0546. The van der Waals surface area contributed by atoms with Gasteiger partial charge in [0.15, 0.2) is 0 Å². The third-order valence-electron chi connectivity index (χ3n) is 1.58. The highest BCUT2D eigenvalue weighted by Crippen LogP contribution is 2.25. The number of nitrogens with zero attached hydrogens (tertiary/aromatic N) is 1. The smallest absolute Gasteiger partial charge is 0.351 e. The summed E-state index contributed by atoms with van der Waals surface area (Å²) in [7, 11) is 0. The maximum absolute atomic E-state index is 10.4. The van der Waals surface area contributed by atoms with Crippen LogP contribution in [0.1, 0.15) is 6.92 Å². The van der Waals surface area contributed by atoms with Crippen molar-refractivity contribution in [2.75, 3.05) is 5.43 Å². The van der Waals surface area contributed by atoms with Crippen LogP contribution in [0.25, 0.3) is 0 Å². The molecule has 6 heteroatoms. The molecular formula is C9H8Cl2N2O2. The number of carbonyl (C=O) groups is 1. The van der Waals surface area contributed by atoms with Gasteiger partial charge in [-0.05, 0) is 25.1 Å². The van der Waals surface area contributed by atoms with Crippen LogP contribution in [0.5, 0.6) is 0 Å². The third kappa shape index (κ3) is 3.42. The number of halogens is 2. The molecule has 1 aromatic carbocycles. The largest absolute Gasteiger partial charge is 0.477 e. The summed E-state index contributed by atoms with van der Waals surface area (Å²) in [6.07, 6.45) is 0. The summed E-state index contributed by atoms with van der Waals surface area (Å²) in [5.41, 5.74) is 2.98. The van der Waals surface area contributed by atoms with E-state index in [0.29, 0.717) is 15.7 Å². The lowest BCUT2D eigenvalue weighted by Gasteiger charge is -2.03. The van der Waals surface area contributed by atoms with E-state index in [1.165, 1.54) is 13.0 Å². The Hall–Kier alpha value is -1.26. The molecule has 0 aliphatic heterocycles. The number of benzene rings is 1. The van der Waals surface area contributed by atoms with Crippen LogP contribution >= 0.6 is 23.2 Å². The van der Waals surface area contributed by atoms with Gasteiger partial charge in [-0.3, -0.25) is 5.43 Å². The fourth-order valence-electron chi connectivity index (χ4n) is 0.772. The van der Waals surface area contributed by atoms with Crippen LogP contribution in [0.15, 0.2) is 23.3 Å². The molecule has 0 fully saturated rings. The van der Waals surface area contributed by atoms with Crippen LogP contribution in [0.4, 0.5) is 5.69 Å². The number of carboxylic acid groups (broad SMARTS) is 1. The maximum Gasteiger partial charge on any atom is 0.351 e. The quantitative estimate of drug-likeness (QED) is 0.637. The van der Waals surface area contributed by atoms with Gasteiger partial charge in [-0.15, -0.1) is 0 Å². The van der Waals surface area contributed by atoms with Crippen molar-refractivity contribution in [3.05, 3.63) is 28.2 Å². The van der Waals surface area contributed by atoms with Gasteiger partial charge in [-0.25, -0.2) is 4.79 Å². The van der Waals surface area contributed by atoms with E-state index in [1.807, 2.05) is 0 Å². The SMILES string of the molecule is CC(=NNc1ccc(Cl)cc1Cl)C(=O)O. The number of carboxylic acids is 1. The monoisotopic (exact) mass is 246 g/mol. The zero-order valence-corrected chi connectivity index (χ0v) is 9.30.